The van der Waals surface area contributed by atoms with Gasteiger partial charge in [0.05, 0.1) is 0 Å². The topological polar surface area (TPSA) is 108 Å². The highest BCUT2D eigenvalue weighted by Gasteiger charge is 2.28. The van der Waals surface area contributed by atoms with Crippen molar-refractivity contribution in [2.75, 3.05) is 11.9 Å². The molecule has 184 valence electrons. The largest absolute Gasteiger partial charge is 0.461 e. The van der Waals surface area contributed by atoms with E-state index >= 15 is 0 Å². The second-order valence-corrected chi connectivity index (χ2v) is 7.21. The third kappa shape index (κ3) is 11.7. The molecule has 0 saturated carbocycles. The van der Waals surface area contributed by atoms with Gasteiger partial charge in [-0.05, 0) is 23.6 Å². The van der Waals surface area contributed by atoms with Crippen LogP contribution in [0.5, 0.6) is 0 Å². The van der Waals surface area contributed by atoms with Crippen LogP contribution in [0, 0.1) is 11.8 Å². The molecule has 2 N–H and O–H groups in total. The minimum absolute atomic E-state index is 0.0933. The summed E-state index contributed by atoms with van der Waals surface area (Å²) in [7, 11) is 1.54. The fourth-order valence-electron chi connectivity index (χ4n) is 2.05. The average Bonchev–Trinajstić information content (AvgIpc) is 2.78. The number of nitrogens with zero attached hydrogens (tertiary/aromatic N) is 1. The van der Waals surface area contributed by atoms with E-state index in [1.54, 1.807) is 59.0 Å². The molecule has 0 aliphatic heterocycles. The molecule has 1 rings (SSSR count). The van der Waals surface area contributed by atoms with E-state index in [0.29, 0.717) is 5.69 Å². The molecule has 0 saturated heterocycles. The lowest BCUT2D eigenvalue weighted by molar-refractivity contribution is -0.177. The minimum Gasteiger partial charge on any atom is -0.461 e. The highest BCUT2D eigenvalue weighted by atomic mass is 16.7. The Balaban J connectivity index is 0. The first-order valence-electron chi connectivity index (χ1n) is 11.2. The van der Waals surface area contributed by atoms with Gasteiger partial charge in [-0.3, -0.25) is 14.5 Å². The lowest BCUT2D eigenvalue weighted by atomic mass is 10.1. The monoisotopic (exact) mass is 454 g/mol. The first-order valence-corrected chi connectivity index (χ1v) is 11.2. The van der Waals surface area contributed by atoms with Gasteiger partial charge in [-0.25, -0.2) is 4.79 Å². The van der Waals surface area contributed by atoms with E-state index in [1.807, 2.05) is 27.7 Å². The number of hydrogen-bond donors (Lipinski definition) is 1. The number of ether oxygens (including phenoxy) is 3. The van der Waals surface area contributed by atoms with Crippen molar-refractivity contribution in [1.29, 1.82) is 0 Å². The molecule has 1 amide bonds. The molecule has 0 aliphatic rings. The Bertz CT molecular complexity index is 674. The predicted octanol–water partition coefficient (Wildman–Crippen LogP) is 4.88. The summed E-state index contributed by atoms with van der Waals surface area (Å²) in [4.78, 5) is 36.7. The Labute approximate surface area is 193 Å². The van der Waals surface area contributed by atoms with Crippen LogP contribution in [0.25, 0.3) is 0 Å². The van der Waals surface area contributed by atoms with Gasteiger partial charge in [0, 0.05) is 25.6 Å². The van der Waals surface area contributed by atoms with E-state index in [4.69, 9.17) is 19.9 Å². The smallest absolute Gasteiger partial charge is 0.417 e. The van der Waals surface area contributed by atoms with E-state index in [2.05, 4.69) is 0 Å². The molecule has 0 heterocycles. The second-order valence-electron chi connectivity index (χ2n) is 7.21. The number of benzene rings is 1. The summed E-state index contributed by atoms with van der Waals surface area (Å²) in [6.45, 7) is 16.7. The minimum atomic E-state index is -1.05. The molecule has 0 bridgehead atoms. The maximum Gasteiger partial charge on any atom is 0.417 e. The molecule has 0 aliphatic carbocycles. The lowest BCUT2D eigenvalue weighted by Gasteiger charge is -2.26. The Morgan fingerprint density at radius 1 is 0.906 bits per heavy atom. The zero-order valence-corrected chi connectivity index (χ0v) is 21.3. The first-order chi connectivity index (χ1) is 15.0. The Hall–Kier alpha value is -2.61. The van der Waals surface area contributed by atoms with E-state index in [9.17, 15) is 14.4 Å². The summed E-state index contributed by atoms with van der Waals surface area (Å²) < 4.78 is 15.6. The molecule has 0 fully saturated rings. The number of carbonyl (C=O) groups is 3. The van der Waals surface area contributed by atoms with Gasteiger partial charge in [0.2, 0.25) is 0 Å². The van der Waals surface area contributed by atoms with Crippen LogP contribution in [0.4, 0.5) is 10.5 Å². The van der Waals surface area contributed by atoms with Crippen LogP contribution in [-0.4, -0.2) is 37.4 Å². The molecule has 2 atom stereocenters. The Morgan fingerprint density at radius 3 is 1.81 bits per heavy atom. The number of nitrogens with two attached hydrogens (primary N) is 1. The molecule has 0 radical (unpaired) electrons. The summed E-state index contributed by atoms with van der Waals surface area (Å²) in [6, 6.07) is 6.09. The number of rotatable bonds is 8. The third-order valence-electron chi connectivity index (χ3n) is 4.02. The van der Waals surface area contributed by atoms with Crippen molar-refractivity contribution in [2.24, 2.45) is 17.6 Å². The summed E-state index contributed by atoms with van der Waals surface area (Å²) in [5.74, 6) is -1.31. The summed E-state index contributed by atoms with van der Waals surface area (Å²) in [5.41, 5.74) is 7.15. The van der Waals surface area contributed by atoms with Crippen LogP contribution in [0.1, 0.15) is 67.9 Å². The van der Waals surface area contributed by atoms with Crippen LogP contribution in [0.2, 0.25) is 0 Å². The summed E-state index contributed by atoms with van der Waals surface area (Å²) >= 11 is 0. The number of esters is 2. The van der Waals surface area contributed by atoms with E-state index in [0.717, 1.165) is 5.56 Å². The van der Waals surface area contributed by atoms with Crippen molar-refractivity contribution in [3.05, 3.63) is 29.8 Å². The molecule has 0 spiro atoms. The van der Waals surface area contributed by atoms with Gasteiger partial charge in [-0.15, -0.1) is 0 Å². The second kappa shape index (κ2) is 17.0. The molecule has 1 aromatic rings. The van der Waals surface area contributed by atoms with E-state index in [1.165, 1.54) is 11.8 Å². The maximum atomic E-state index is 12.5. The SMILES string of the molecule is CC.CC.CC(=O)OCc1ccc(N(C)C(=O)OC(OC(=O)C(N)C(C)C)C(C)C)cc1. The zero-order chi connectivity index (χ0) is 25.4. The quantitative estimate of drug-likeness (QED) is 0.440. The highest BCUT2D eigenvalue weighted by Crippen LogP contribution is 2.18. The Kier molecular flexibility index (Phi) is 16.8. The van der Waals surface area contributed by atoms with E-state index < -0.39 is 24.4 Å². The maximum absolute atomic E-state index is 12.5. The van der Waals surface area contributed by atoms with Crippen LogP contribution >= 0.6 is 0 Å². The van der Waals surface area contributed by atoms with Crippen molar-refractivity contribution in [2.45, 2.75) is 81.3 Å². The van der Waals surface area contributed by atoms with Crippen LogP contribution in [-0.2, 0) is 30.4 Å². The highest BCUT2D eigenvalue weighted by molar-refractivity contribution is 5.87. The van der Waals surface area contributed by atoms with Gasteiger partial charge in [0.25, 0.3) is 6.29 Å². The van der Waals surface area contributed by atoms with Crippen molar-refractivity contribution >= 4 is 23.7 Å². The molecular formula is C24H42N2O6. The van der Waals surface area contributed by atoms with Crippen molar-refractivity contribution in [3.63, 3.8) is 0 Å². The molecule has 8 nitrogen and oxygen atoms in total. The summed E-state index contributed by atoms with van der Waals surface area (Å²) in [6.07, 6.45) is -1.71. The normalized spacial score (nSPS) is 11.8. The fourth-order valence-corrected chi connectivity index (χ4v) is 2.05. The molecule has 0 aromatic heterocycles. The van der Waals surface area contributed by atoms with Gasteiger partial charge < -0.3 is 19.9 Å². The number of amides is 1. The number of carbonyl (C=O) groups excluding carboxylic acids is 3. The zero-order valence-electron chi connectivity index (χ0n) is 21.3. The van der Waals surface area contributed by atoms with Crippen molar-refractivity contribution in [1.82, 2.24) is 0 Å². The first kappa shape index (κ1) is 31.6. The average molecular weight is 455 g/mol. The lowest BCUT2D eigenvalue weighted by Crippen LogP contribution is -2.42. The van der Waals surface area contributed by atoms with Crippen LogP contribution in [0.15, 0.2) is 24.3 Å². The molecule has 32 heavy (non-hydrogen) atoms. The van der Waals surface area contributed by atoms with Crippen molar-refractivity contribution < 1.29 is 28.6 Å². The Morgan fingerprint density at radius 2 is 1.41 bits per heavy atom. The fraction of sp³-hybridized carbons (Fsp3) is 0.625. The van der Waals surface area contributed by atoms with Crippen LogP contribution < -0.4 is 10.6 Å². The van der Waals surface area contributed by atoms with E-state index in [-0.39, 0.29) is 24.4 Å². The van der Waals surface area contributed by atoms with Gasteiger partial charge in [0.1, 0.15) is 12.6 Å². The standard InChI is InChI=1S/C20H30N2O6.2C2H6/c1-12(2)17(21)18(24)27-19(13(3)4)28-20(25)22(6)16-9-7-15(8-10-16)11-26-14(5)23;2*1-2/h7-10,12-13,17,19H,11,21H2,1-6H3;2*1-2H3. The molecule has 8 heteroatoms. The van der Waals surface area contributed by atoms with Crippen molar-refractivity contribution in [3.8, 4) is 0 Å². The molecular weight excluding hydrogens is 412 g/mol. The third-order valence-corrected chi connectivity index (χ3v) is 4.02. The predicted molar refractivity (Wildman–Crippen MR) is 127 cm³/mol. The molecule has 1 aromatic carbocycles. The molecule has 2 unspecified atom stereocenters. The van der Waals surface area contributed by atoms with Gasteiger partial charge in [-0.2, -0.15) is 0 Å². The number of anilines is 1. The van der Waals surface area contributed by atoms with Gasteiger partial charge in [-0.1, -0.05) is 67.5 Å². The van der Waals surface area contributed by atoms with Gasteiger partial charge >= 0.3 is 18.0 Å². The number of hydrogen-bond acceptors (Lipinski definition) is 7. The van der Waals surface area contributed by atoms with Crippen LogP contribution in [0.3, 0.4) is 0 Å². The summed E-state index contributed by atoms with van der Waals surface area (Å²) in [5, 5.41) is 0. The van der Waals surface area contributed by atoms with Gasteiger partial charge in [0.15, 0.2) is 0 Å².